The third-order valence-electron chi connectivity index (χ3n) is 4.05. The Hall–Kier alpha value is -1.77. The van der Waals surface area contributed by atoms with E-state index in [1.54, 1.807) is 6.07 Å². The number of hydrogen-bond donors (Lipinski definition) is 1. The molecule has 0 unspecified atom stereocenters. The van der Waals surface area contributed by atoms with Gasteiger partial charge in [-0.05, 0) is 30.9 Å². The van der Waals surface area contributed by atoms with E-state index in [4.69, 9.17) is 0 Å². The maximum Gasteiger partial charge on any atom is 0.534 e. The molecule has 3 rings (SSSR count). The summed E-state index contributed by atoms with van der Waals surface area (Å²) in [6.45, 7) is 0. The normalized spacial score (nSPS) is 24.4. The van der Waals surface area contributed by atoms with Crippen molar-refractivity contribution in [3.8, 4) is 5.75 Å². The maximum absolute atomic E-state index is 12.5. The fourth-order valence-electron chi connectivity index (χ4n) is 3.13. The van der Waals surface area contributed by atoms with E-state index in [9.17, 15) is 26.4 Å². The van der Waals surface area contributed by atoms with E-state index in [1.807, 2.05) is 0 Å². The highest BCUT2D eigenvalue weighted by molar-refractivity contribution is 7.88. The van der Waals surface area contributed by atoms with Gasteiger partial charge >= 0.3 is 15.6 Å². The number of halogens is 3. The van der Waals surface area contributed by atoms with Gasteiger partial charge in [-0.3, -0.25) is 4.79 Å². The van der Waals surface area contributed by atoms with E-state index in [-0.39, 0.29) is 18.1 Å². The Morgan fingerprint density at radius 2 is 1.86 bits per heavy atom. The number of carbonyl (C=O) groups excluding carboxylic acids is 1. The van der Waals surface area contributed by atoms with Crippen LogP contribution in [0.3, 0.4) is 0 Å². The second kappa shape index (κ2) is 4.61. The quantitative estimate of drug-likeness (QED) is 0.662. The standard InChI is InChI=1S/C13H12F3NO4S/c14-13(15,16)22(19,20)21-9-3-1-2-8-4-6-12(11(8)9)7-5-10(18)17-12/h1-3H,4-7H2,(H,17,18)/t12-/m0/s1. The van der Waals surface area contributed by atoms with E-state index in [0.717, 1.165) is 0 Å². The van der Waals surface area contributed by atoms with Gasteiger partial charge in [0.05, 0.1) is 5.54 Å². The molecule has 22 heavy (non-hydrogen) atoms. The van der Waals surface area contributed by atoms with Crippen molar-refractivity contribution in [3.63, 3.8) is 0 Å². The van der Waals surface area contributed by atoms with Crippen molar-refractivity contribution >= 4 is 16.0 Å². The van der Waals surface area contributed by atoms with Gasteiger partial charge in [0.1, 0.15) is 5.75 Å². The Morgan fingerprint density at radius 3 is 2.45 bits per heavy atom. The van der Waals surface area contributed by atoms with Gasteiger partial charge in [0, 0.05) is 12.0 Å². The molecule has 120 valence electrons. The Balaban J connectivity index is 2.06. The summed E-state index contributed by atoms with van der Waals surface area (Å²) in [5, 5.41) is 2.76. The van der Waals surface area contributed by atoms with Gasteiger partial charge in [-0.15, -0.1) is 0 Å². The van der Waals surface area contributed by atoms with Gasteiger partial charge in [-0.2, -0.15) is 21.6 Å². The highest BCUT2D eigenvalue weighted by Gasteiger charge is 2.51. The van der Waals surface area contributed by atoms with Crippen LogP contribution >= 0.6 is 0 Å². The monoisotopic (exact) mass is 335 g/mol. The lowest BCUT2D eigenvalue weighted by Gasteiger charge is -2.26. The van der Waals surface area contributed by atoms with E-state index in [2.05, 4.69) is 9.50 Å². The Labute approximate surface area is 124 Å². The van der Waals surface area contributed by atoms with Crippen LogP contribution in [0.25, 0.3) is 0 Å². The zero-order chi connectivity index (χ0) is 16.2. The lowest BCUT2D eigenvalue weighted by Crippen LogP contribution is -2.37. The summed E-state index contributed by atoms with van der Waals surface area (Å²) in [6.07, 6.45) is 1.71. The summed E-state index contributed by atoms with van der Waals surface area (Å²) in [4.78, 5) is 11.5. The fraction of sp³-hybridized carbons (Fsp3) is 0.462. The first kappa shape index (κ1) is 15.1. The summed E-state index contributed by atoms with van der Waals surface area (Å²) in [5.41, 5.74) is -5.30. The molecule has 1 amide bonds. The molecule has 1 spiro atoms. The maximum atomic E-state index is 12.5. The topological polar surface area (TPSA) is 72.5 Å². The van der Waals surface area contributed by atoms with E-state index in [0.29, 0.717) is 30.4 Å². The molecule has 1 atom stereocenters. The molecule has 0 radical (unpaired) electrons. The van der Waals surface area contributed by atoms with Crippen LogP contribution in [0, 0.1) is 0 Å². The van der Waals surface area contributed by atoms with Crippen LogP contribution in [0.2, 0.25) is 0 Å². The van der Waals surface area contributed by atoms with Crippen LogP contribution in [0.15, 0.2) is 18.2 Å². The zero-order valence-electron chi connectivity index (χ0n) is 11.2. The third kappa shape index (κ3) is 2.23. The van der Waals surface area contributed by atoms with Gasteiger partial charge in [-0.25, -0.2) is 0 Å². The van der Waals surface area contributed by atoms with Gasteiger partial charge in [0.2, 0.25) is 5.91 Å². The molecular weight excluding hydrogens is 323 g/mol. The highest BCUT2D eigenvalue weighted by Crippen LogP contribution is 2.48. The number of alkyl halides is 3. The largest absolute Gasteiger partial charge is 0.534 e. The molecule has 1 N–H and O–H groups in total. The molecule has 1 saturated heterocycles. The van der Waals surface area contributed by atoms with Gasteiger partial charge < -0.3 is 9.50 Å². The minimum absolute atomic E-state index is 0.207. The molecule has 1 heterocycles. The van der Waals surface area contributed by atoms with E-state index < -0.39 is 21.2 Å². The minimum Gasteiger partial charge on any atom is -0.376 e. The number of fused-ring (bicyclic) bond motifs is 2. The average Bonchev–Trinajstić information content (AvgIpc) is 2.94. The van der Waals surface area contributed by atoms with Crippen molar-refractivity contribution in [2.24, 2.45) is 0 Å². The lowest BCUT2D eigenvalue weighted by atomic mass is 9.89. The number of amides is 1. The third-order valence-corrected chi connectivity index (χ3v) is 5.02. The Kier molecular flexibility index (Phi) is 3.17. The predicted molar refractivity (Wildman–Crippen MR) is 69.4 cm³/mol. The van der Waals surface area contributed by atoms with E-state index in [1.165, 1.54) is 12.1 Å². The molecule has 2 aliphatic rings. The van der Waals surface area contributed by atoms with Crippen LogP contribution in [-0.4, -0.2) is 19.8 Å². The van der Waals surface area contributed by atoms with Crippen molar-refractivity contribution in [3.05, 3.63) is 29.3 Å². The molecule has 1 aromatic rings. The number of rotatable bonds is 2. The molecule has 5 nitrogen and oxygen atoms in total. The number of nitrogens with one attached hydrogen (secondary N) is 1. The summed E-state index contributed by atoms with van der Waals surface area (Å²) < 4.78 is 64.4. The predicted octanol–water partition coefficient (Wildman–Crippen LogP) is 1.97. The summed E-state index contributed by atoms with van der Waals surface area (Å²) in [5.74, 6) is -0.573. The second-order valence-corrected chi connectivity index (χ2v) is 6.94. The van der Waals surface area contributed by atoms with Gasteiger partial charge in [0.15, 0.2) is 0 Å². The van der Waals surface area contributed by atoms with E-state index >= 15 is 0 Å². The minimum atomic E-state index is -5.74. The number of aryl methyl sites for hydroxylation is 1. The zero-order valence-corrected chi connectivity index (χ0v) is 12.1. The summed E-state index contributed by atoms with van der Waals surface area (Å²) >= 11 is 0. The molecule has 1 fully saturated rings. The van der Waals surface area contributed by atoms with Crippen molar-refractivity contribution < 1.29 is 30.6 Å². The fourth-order valence-corrected chi connectivity index (χ4v) is 3.60. The molecule has 1 aliphatic carbocycles. The van der Waals surface area contributed by atoms with Crippen molar-refractivity contribution in [1.82, 2.24) is 5.32 Å². The van der Waals surface area contributed by atoms with Crippen molar-refractivity contribution in [2.45, 2.75) is 36.7 Å². The first-order chi connectivity index (χ1) is 10.1. The number of carbonyl (C=O) groups is 1. The lowest BCUT2D eigenvalue weighted by molar-refractivity contribution is -0.119. The summed E-state index contributed by atoms with van der Waals surface area (Å²) in [6, 6.07) is 4.32. The first-order valence-corrected chi connectivity index (χ1v) is 8.00. The summed E-state index contributed by atoms with van der Waals surface area (Å²) in [7, 11) is -5.74. The van der Waals surface area contributed by atoms with Gasteiger partial charge in [-0.1, -0.05) is 12.1 Å². The molecular formula is C13H12F3NO4S. The van der Waals surface area contributed by atoms with Crippen molar-refractivity contribution in [1.29, 1.82) is 0 Å². The van der Waals surface area contributed by atoms with Gasteiger partial charge in [0.25, 0.3) is 0 Å². The first-order valence-electron chi connectivity index (χ1n) is 6.59. The average molecular weight is 335 g/mol. The second-order valence-electron chi connectivity index (χ2n) is 5.40. The Morgan fingerprint density at radius 1 is 1.18 bits per heavy atom. The number of benzene rings is 1. The smallest absolute Gasteiger partial charge is 0.376 e. The van der Waals surface area contributed by atoms with Crippen LogP contribution < -0.4 is 9.50 Å². The number of hydrogen-bond acceptors (Lipinski definition) is 4. The van der Waals surface area contributed by atoms with Crippen LogP contribution in [0.1, 0.15) is 30.4 Å². The molecule has 1 aromatic carbocycles. The molecule has 9 heteroatoms. The Bertz CT molecular complexity index is 744. The van der Waals surface area contributed by atoms with Crippen molar-refractivity contribution in [2.75, 3.05) is 0 Å². The van der Waals surface area contributed by atoms with Crippen LogP contribution in [-0.2, 0) is 26.9 Å². The molecule has 0 aromatic heterocycles. The molecule has 1 aliphatic heterocycles. The SMILES string of the molecule is O=C1CC[C@]2(CCc3cccc(OS(=O)(=O)C(F)(F)F)c32)N1. The van der Waals surface area contributed by atoms with Crippen LogP contribution in [0.4, 0.5) is 13.2 Å². The molecule has 0 bridgehead atoms. The molecule has 0 saturated carbocycles. The van der Waals surface area contributed by atoms with Crippen LogP contribution in [0.5, 0.6) is 5.75 Å². The highest BCUT2D eigenvalue weighted by atomic mass is 32.2.